The Morgan fingerprint density at radius 1 is 1.18 bits per heavy atom. The highest BCUT2D eigenvalue weighted by atomic mass is 16.1. The molecule has 0 radical (unpaired) electrons. The Morgan fingerprint density at radius 3 is 2.64 bits per heavy atom. The molecule has 0 amide bonds. The number of carbonyl (C=O) groups is 2. The molecule has 2 heteroatoms. The van der Waals surface area contributed by atoms with Gasteiger partial charge in [-0.15, -0.1) is 0 Å². The van der Waals surface area contributed by atoms with E-state index in [1.165, 1.54) is 5.57 Å². The highest BCUT2D eigenvalue weighted by Crippen LogP contribution is 2.62. The topological polar surface area (TPSA) is 34.1 Å². The van der Waals surface area contributed by atoms with Gasteiger partial charge in [-0.05, 0) is 38.5 Å². The van der Waals surface area contributed by atoms with E-state index in [2.05, 4.69) is 32.1 Å². The van der Waals surface area contributed by atoms with Crippen LogP contribution >= 0.6 is 0 Å². The van der Waals surface area contributed by atoms with Gasteiger partial charge in [0, 0.05) is 17.0 Å². The average molecular weight is 292 g/mol. The van der Waals surface area contributed by atoms with Crippen molar-refractivity contribution < 1.29 is 9.59 Å². The molecular weight excluding hydrogens is 272 g/mol. The number of allylic oxidation sites excluding steroid dienone is 4. The first kappa shape index (κ1) is 13.7. The summed E-state index contributed by atoms with van der Waals surface area (Å²) in [4.78, 5) is 26.4. The number of hydrogen-bond donors (Lipinski definition) is 0. The first-order valence-electron chi connectivity index (χ1n) is 8.05. The molecule has 1 aromatic carbocycles. The number of hydrogen-bond acceptors (Lipinski definition) is 2. The summed E-state index contributed by atoms with van der Waals surface area (Å²) in [5.41, 5.74) is 1.93. The minimum atomic E-state index is -0.540. The molecule has 4 rings (SSSR count). The maximum atomic E-state index is 13.4. The zero-order valence-electron chi connectivity index (χ0n) is 13.0. The molecule has 1 aromatic rings. The standard InChI is InChI=1S/C20H20O2/c1-12(2)9-10-20-14-8-7-13(11-14)17(20)18(21)15-5-3-4-6-16(15)19(20)22/h3-9,13-14,17H,10-11H2,1-2H3/t13-,14+,17+,20+/m0/s1. The molecule has 0 saturated heterocycles. The maximum absolute atomic E-state index is 13.4. The third-order valence-corrected chi connectivity index (χ3v) is 5.75. The smallest absolute Gasteiger partial charge is 0.171 e. The van der Waals surface area contributed by atoms with Gasteiger partial charge in [-0.2, -0.15) is 0 Å². The number of carbonyl (C=O) groups excluding carboxylic acids is 2. The van der Waals surface area contributed by atoms with E-state index in [0.29, 0.717) is 17.5 Å². The van der Waals surface area contributed by atoms with Crippen molar-refractivity contribution in [3.05, 3.63) is 59.2 Å². The van der Waals surface area contributed by atoms with Crippen LogP contribution < -0.4 is 0 Å². The van der Waals surface area contributed by atoms with Gasteiger partial charge >= 0.3 is 0 Å². The fraction of sp³-hybridized carbons (Fsp3) is 0.400. The fourth-order valence-electron chi connectivity index (χ4n) is 4.77. The van der Waals surface area contributed by atoms with E-state index in [4.69, 9.17) is 0 Å². The van der Waals surface area contributed by atoms with E-state index in [1.54, 1.807) is 0 Å². The van der Waals surface area contributed by atoms with E-state index in [-0.39, 0.29) is 29.3 Å². The van der Waals surface area contributed by atoms with Gasteiger partial charge in [0.15, 0.2) is 11.6 Å². The molecule has 3 aliphatic carbocycles. The van der Waals surface area contributed by atoms with Crippen LogP contribution in [0.15, 0.2) is 48.1 Å². The fourth-order valence-corrected chi connectivity index (χ4v) is 4.77. The number of benzene rings is 1. The van der Waals surface area contributed by atoms with Crippen LogP contribution in [0.1, 0.15) is 47.4 Å². The van der Waals surface area contributed by atoms with Crippen LogP contribution in [0.25, 0.3) is 0 Å². The third kappa shape index (κ3) is 1.55. The lowest BCUT2D eigenvalue weighted by Gasteiger charge is -2.43. The van der Waals surface area contributed by atoms with Gasteiger partial charge < -0.3 is 0 Å². The second-order valence-electron chi connectivity index (χ2n) is 7.13. The Bertz CT molecular complexity index is 736. The number of ketones is 2. The van der Waals surface area contributed by atoms with Crippen molar-refractivity contribution in [1.82, 2.24) is 0 Å². The lowest BCUT2D eigenvalue weighted by molar-refractivity contribution is 0.0513. The Hall–Kier alpha value is -1.96. The SMILES string of the molecule is CC(C)=CC[C@]12C(=O)c3ccccc3C(=O)[C@H]1[C@H]1C=C[C@@H]2C1. The predicted octanol–water partition coefficient (Wildman–Crippen LogP) is 4.23. The van der Waals surface area contributed by atoms with E-state index < -0.39 is 5.41 Å². The summed E-state index contributed by atoms with van der Waals surface area (Å²) in [5, 5.41) is 0. The Morgan fingerprint density at radius 2 is 1.91 bits per heavy atom. The zero-order chi connectivity index (χ0) is 15.5. The number of Topliss-reactive ketones (excluding diaryl/α,β-unsaturated/α-hetero) is 2. The van der Waals surface area contributed by atoms with E-state index >= 15 is 0 Å². The van der Waals surface area contributed by atoms with Crippen LogP contribution in [-0.4, -0.2) is 11.6 Å². The molecule has 3 aliphatic rings. The molecule has 0 aromatic heterocycles. The Labute approximate surface area is 130 Å². The van der Waals surface area contributed by atoms with Crippen molar-refractivity contribution >= 4 is 11.6 Å². The van der Waals surface area contributed by atoms with Gasteiger partial charge in [0.25, 0.3) is 0 Å². The first-order chi connectivity index (χ1) is 10.6. The third-order valence-electron chi connectivity index (χ3n) is 5.75. The molecule has 1 saturated carbocycles. The highest BCUT2D eigenvalue weighted by Gasteiger charge is 2.64. The van der Waals surface area contributed by atoms with Gasteiger partial charge in [0.2, 0.25) is 0 Å². The second kappa shape index (κ2) is 4.52. The average Bonchev–Trinajstić information content (AvgIpc) is 3.11. The van der Waals surface area contributed by atoms with Gasteiger partial charge in [-0.3, -0.25) is 9.59 Å². The van der Waals surface area contributed by atoms with E-state index in [9.17, 15) is 9.59 Å². The van der Waals surface area contributed by atoms with E-state index in [1.807, 2.05) is 24.3 Å². The maximum Gasteiger partial charge on any atom is 0.171 e. The Kier molecular flexibility index (Phi) is 2.81. The summed E-state index contributed by atoms with van der Waals surface area (Å²) in [5.74, 6) is 0.639. The molecule has 22 heavy (non-hydrogen) atoms. The summed E-state index contributed by atoms with van der Waals surface area (Å²) in [6.45, 7) is 4.11. The predicted molar refractivity (Wildman–Crippen MR) is 85.8 cm³/mol. The molecule has 0 unspecified atom stereocenters. The van der Waals surface area contributed by atoms with Crippen molar-refractivity contribution in [3.63, 3.8) is 0 Å². The zero-order valence-corrected chi connectivity index (χ0v) is 13.0. The molecule has 112 valence electrons. The largest absolute Gasteiger partial charge is 0.294 e. The van der Waals surface area contributed by atoms with Crippen LogP contribution in [0.2, 0.25) is 0 Å². The summed E-state index contributed by atoms with van der Waals surface area (Å²) >= 11 is 0. The van der Waals surface area contributed by atoms with Crippen molar-refractivity contribution in [2.75, 3.05) is 0 Å². The normalized spacial score (nSPS) is 34.5. The minimum Gasteiger partial charge on any atom is -0.294 e. The first-order valence-corrected chi connectivity index (χ1v) is 8.05. The quantitative estimate of drug-likeness (QED) is 0.764. The molecule has 1 fully saturated rings. The molecular formula is C20H20O2. The summed E-state index contributed by atoms with van der Waals surface area (Å²) in [6.07, 6.45) is 8.12. The monoisotopic (exact) mass is 292 g/mol. The molecule has 0 heterocycles. The van der Waals surface area contributed by atoms with Crippen LogP contribution in [-0.2, 0) is 0 Å². The van der Waals surface area contributed by atoms with Crippen LogP contribution in [0.3, 0.4) is 0 Å². The summed E-state index contributed by atoms with van der Waals surface area (Å²) in [7, 11) is 0. The minimum absolute atomic E-state index is 0.166. The van der Waals surface area contributed by atoms with E-state index in [0.717, 1.165) is 6.42 Å². The lowest BCUT2D eigenvalue weighted by atomic mass is 9.57. The summed E-state index contributed by atoms with van der Waals surface area (Å²) < 4.78 is 0. The van der Waals surface area contributed by atoms with Crippen molar-refractivity contribution in [1.29, 1.82) is 0 Å². The molecule has 4 atom stereocenters. The Balaban J connectivity index is 1.93. The van der Waals surface area contributed by atoms with Crippen LogP contribution in [0.4, 0.5) is 0 Å². The van der Waals surface area contributed by atoms with Crippen molar-refractivity contribution in [2.24, 2.45) is 23.2 Å². The van der Waals surface area contributed by atoms with Gasteiger partial charge in [-0.1, -0.05) is 48.1 Å². The molecule has 0 aliphatic heterocycles. The van der Waals surface area contributed by atoms with Crippen LogP contribution in [0, 0.1) is 23.2 Å². The molecule has 0 N–H and O–H groups in total. The lowest BCUT2D eigenvalue weighted by Crippen LogP contribution is -2.49. The van der Waals surface area contributed by atoms with Crippen molar-refractivity contribution in [3.8, 4) is 0 Å². The second-order valence-corrected chi connectivity index (χ2v) is 7.13. The summed E-state index contributed by atoms with van der Waals surface area (Å²) in [6, 6.07) is 7.36. The molecule has 2 bridgehead atoms. The van der Waals surface area contributed by atoms with Crippen molar-refractivity contribution in [2.45, 2.75) is 26.7 Å². The van der Waals surface area contributed by atoms with Gasteiger partial charge in [-0.25, -0.2) is 0 Å². The molecule has 2 nitrogen and oxygen atoms in total. The highest BCUT2D eigenvalue weighted by molar-refractivity contribution is 6.18. The van der Waals surface area contributed by atoms with Gasteiger partial charge in [0.1, 0.15) is 0 Å². The molecule has 0 spiro atoms. The number of rotatable bonds is 2. The number of fused-ring (bicyclic) bond motifs is 6. The van der Waals surface area contributed by atoms with Gasteiger partial charge in [0.05, 0.1) is 5.41 Å². The van der Waals surface area contributed by atoms with Crippen LogP contribution in [0.5, 0.6) is 0 Å².